The van der Waals surface area contributed by atoms with Crippen molar-refractivity contribution in [2.24, 2.45) is 0 Å². The van der Waals surface area contributed by atoms with E-state index in [1.807, 2.05) is 6.92 Å². The number of rotatable bonds is 5. The second-order valence-corrected chi connectivity index (χ2v) is 4.08. The summed E-state index contributed by atoms with van der Waals surface area (Å²) in [4.78, 5) is 11.5. The average Bonchev–Trinajstić information content (AvgIpc) is 2.38. The van der Waals surface area contributed by atoms with Crippen LogP contribution in [-0.4, -0.2) is 12.6 Å². The zero-order chi connectivity index (χ0) is 13.5. The summed E-state index contributed by atoms with van der Waals surface area (Å²) in [5.74, 6) is 0.0311. The molecule has 0 radical (unpaired) electrons. The summed E-state index contributed by atoms with van der Waals surface area (Å²) in [6.07, 6.45) is 0.927. The molecule has 1 aromatic carbocycles. The van der Waals surface area contributed by atoms with Crippen LogP contribution < -0.4 is 0 Å². The van der Waals surface area contributed by atoms with Crippen molar-refractivity contribution in [1.29, 1.82) is 5.26 Å². The van der Waals surface area contributed by atoms with Gasteiger partial charge in [0.25, 0.3) is 0 Å². The van der Waals surface area contributed by atoms with Gasteiger partial charge >= 0.3 is 5.97 Å². The van der Waals surface area contributed by atoms with E-state index in [-0.39, 0.29) is 12.4 Å². The predicted octanol–water partition coefficient (Wildman–Crippen LogP) is 2.97. The minimum absolute atomic E-state index is 0.203. The Bertz CT molecular complexity index is 477. The Balaban J connectivity index is 3.13. The second-order valence-electron chi connectivity index (χ2n) is 3.81. The molecule has 1 rings (SSSR count). The number of ether oxygens (including phenoxy) is 1. The monoisotopic (exact) mass is 265 g/mol. The fourth-order valence-corrected chi connectivity index (χ4v) is 2.28. The number of hydrogen-bond acceptors (Lipinski definition) is 3. The van der Waals surface area contributed by atoms with E-state index in [1.54, 1.807) is 19.1 Å². The van der Waals surface area contributed by atoms with Crippen molar-refractivity contribution in [3.05, 3.63) is 34.4 Å². The van der Waals surface area contributed by atoms with Gasteiger partial charge in [-0.1, -0.05) is 13.0 Å². The van der Waals surface area contributed by atoms with Gasteiger partial charge in [-0.3, -0.25) is 4.79 Å². The maximum absolute atomic E-state index is 11.5. The predicted molar refractivity (Wildman–Crippen MR) is 70.4 cm³/mol. The Morgan fingerprint density at radius 1 is 1.39 bits per heavy atom. The van der Waals surface area contributed by atoms with Gasteiger partial charge in [-0.25, -0.2) is 0 Å². The van der Waals surface area contributed by atoms with Crippen molar-refractivity contribution in [2.75, 3.05) is 6.61 Å². The molecule has 0 bridgehead atoms. The Hall–Kier alpha value is -1.53. The van der Waals surface area contributed by atoms with Crippen LogP contribution >= 0.6 is 11.6 Å². The molecule has 3 nitrogen and oxygen atoms in total. The van der Waals surface area contributed by atoms with Crippen molar-refractivity contribution in [2.45, 2.75) is 32.6 Å². The third-order valence-electron chi connectivity index (χ3n) is 2.78. The van der Waals surface area contributed by atoms with Crippen LogP contribution in [0.5, 0.6) is 0 Å². The van der Waals surface area contributed by atoms with Gasteiger partial charge in [-0.15, -0.1) is 11.6 Å². The summed E-state index contributed by atoms with van der Waals surface area (Å²) in [5, 5.41) is 9.04. The number of carbonyl (C=O) groups is 1. The van der Waals surface area contributed by atoms with Crippen LogP contribution in [0.2, 0.25) is 0 Å². The molecule has 1 aromatic rings. The molecule has 0 fully saturated rings. The van der Waals surface area contributed by atoms with Crippen LogP contribution in [0.3, 0.4) is 0 Å². The Morgan fingerprint density at radius 2 is 2.11 bits per heavy atom. The summed E-state index contributed by atoms with van der Waals surface area (Å²) in [6.45, 7) is 4.11. The number of esters is 1. The summed E-state index contributed by atoms with van der Waals surface area (Å²) in [6, 6.07) is 5.68. The lowest BCUT2D eigenvalue weighted by Crippen LogP contribution is -2.10. The van der Waals surface area contributed by atoms with Crippen LogP contribution in [-0.2, 0) is 28.3 Å². The summed E-state index contributed by atoms with van der Waals surface area (Å²) in [7, 11) is 0. The highest BCUT2D eigenvalue weighted by Gasteiger charge is 2.14. The van der Waals surface area contributed by atoms with Crippen molar-refractivity contribution in [3.8, 4) is 6.07 Å². The normalized spacial score (nSPS) is 9.89. The van der Waals surface area contributed by atoms with Gasteiger partial charge in [0.15, 0.2) is 0 Å². The third kappa shape index (κ3) is 3.24. The Kier molecular flexibility index (Phi) is 5.67. The molecule has 0 aliphatic carbocycles. The molecule has 0 heterocycles. The quantitative estimate of drug-likeness (QED) is 0.607. The molecule has 0 aliphatic rings. The molecule has 0 aliphatic heterocycles. The highest BCUT2D eigenvalue weighted by atomic mass is 35.5. The maximum Gasteiger partial charge on any atom is 0.310 e. The molecular formula is C14H16ClNO2. The van der Waals surface area contributed by atoms with Gasteiger partial charge in [-0.05, 0) is 36.1 Å². The van der Waals surface area contributed by atoms with Gasteiger partial charge in [0.2, 0.25) is 0 Å². The van der Waals surface area contributed by atoms with Crippen molar-refractivity contribution < 1.29 is 9.53 Å². The fraction of sp³-hybridized carbons (Fsp3) is 0.429. The zero-order valence-corrected chi connectivity index (χ0v) is 11.4. The first kappa shape index (κ1) is 14.5. The lowest BCUT2D eigenvalue weighted by Gasteiger charge is -2.13. The molecule has 0 amide bonds. The molecule has 0 aromatic heterocycles. The van der Waals surface area contributed by atoms with Gasteiger partial charge in [0, 0.05) is 5.88 Å². The van der Waals surface area contributed by atoms with E-state index < -0.39 is 0 Å². The molecule has 0 saturated carbocycles. The van der Waals surface area contributed by atoms with Crippen LogP contribution in [0.4, 0.5) is 0 Å². The van der Waals surface area contributed by atoms with E-state index in [9.17, 15) is 4.79 Å². The lowest BCUT2D eigenvalue weighted by atomic mass is 9.94. The summed E-state index contributed by atoms with van der Waals surface area (Å²) < 4.78 is 4.93. The van der Waals surface area contributed by atoms with Crippen LogP contribution in [0.15, 0.2) is 12.1 Å². The maximum atomic E-state index is 11.5. The minimum Gasteiger partial charge on any atom is -0.466 e. The van der Waals surface area contributed by atoms with E-state index >= 15 is 0 Å². The zero-order valence-electron chi connectivity index (χ0n) is 10.6. The number of alkyl halides is 1. The molecule has 0 unspecified atom stereocenters. The molecular weight excluding hydrogens is 250 g/mol. The minimum atomic E-state index is -0.268. The first-order valence-corrected chi connectivity index (χ1v) is 6.46. The second kappa shape index (κ2) is 7.03. The van der Waals surface area contributed by atoms with Crippen LogP contribution in [0.25, 0.3) is 0 Å². The van der Waals surface area contributed by atoms with Crippen LogP contribution in [0.1, 0.15) is 36.1 Å². The number of carbonyl (C=O) groups excluding carboxylic acids is 1. The molecule has 0 N–H and O–H groups in total. The lowest BCUT2D eigenvalue weighted by molar-refractivity contribution is -0.142. The Morgan fingerprint density at radius 3 is 2.61 bits per heavy atom. The molecule has 96 valence electrons. The van der Waals surface area contributed by atoms with Crippen molar-refractivity contribution >= 4 is 17.6 Å². The van der Waals surface area contributed by atoms with E-state index in [0.717, 1.165) is 23.1 Å². The number of benzene rings is 1. The van der Waals surface area contributed by atoms with Gasteiger partial charge in [0.05, 0.1) is 24.7 Å². The van der Waals surface area contributed by atoms with Gasteiger partial charge < -0.3 is 4.74 Å². The highest BCUT2D eigenvalue weighted by Crippen LogP contribution is 2.22. The van der Waals surface area contributed by atoms with Crippen LogP contribution in [0, 0.1) is 11.3 Å². The molecule has 0 spiro atoms. The average molecular weight is 266 g/mol. The van der Waals surface area contributed by atoms with Crippen molar-refractivity contribution in [1.82, 2.24) is 0 Å². The SMILES string of the molecule is CCOC(=O)Cc1ccc(C#N)c(CC)c1CCl. The number of halogens is 1. The van der Waals surface area contributed by atoms with E-state index in [4.69, 9.17) is 21.6 Å². The standard InChI is InChI=1S/C14H16ClNO2/c1-3-12-11(9-16)6-5-10(13(12)8-15)7-14(17)18-4-2/h5-6H,3-4,7-8H2,1-2H3. The smallest absolute Gasteiger partial charge is 0.310 e. The molecule has 0 atom stereocenters. The molecule has 18 heavy (non-hydrogen) atoms. The van der Waals surface area contributed by atoms with E-state index in [1.165, 1.54) is 0 Å². The number of nitrogens with zero attached hydrogens (tertiary/aromatic N) is 1. The first-order valence-electron chi connectivity index (χ1n) is 5.93. The van der Waals surface area contributed by atoms with E-state index in [2.05, 4.69) is 6.07 Å². The first-order chi connectivity index (χ1) is 8.67. The molecule has 0 saturated heterocycles. The third-order valence-corrected chi connectivity index (χ3v) is 3.04. The van der Waals surface area contributed by atoms with Crippen molar-refractivity contribution in [3.63, 3.8) is 0 Å². The van der Waals surface area contributed by atoms with Gasteiger partial charge in [-0.2, -0.15) is 5.26 Å². The summed E-state index contributed by atoms with van der Waals surface area (Å²) >= 11 is 5.94. The Labute approximate surface area is 112 Å². The number of nitriles is 1. The number of hydrogen-bond donors (Lipinski definition) is 0. The summed E-state index contributed by atoms with van der Waals surface area (Å²) in [5.41, 5.74) is 3.28. The molecule has 4 heteroatoms. The fourth-order valence-electron chi connectivity index (χ4n) is 1.95. The van der Waals surface area contributed by atoms with Gasteiger partial charge in [0.1, 0.15) is 0 Å². The van der Waals surface area contributed by atoms with E-state index in [0.29, 0.717) is 18.1 Å². The largest absolute Gasteiger partial charge is 0.466 e. The topological polar surface area (TPSA) is 50.1 Å². The highest BCUT2D eigenvalue weighted by molar-refractivity contribution is 6.17.